The van der Waals surface area contributed by atoms with Crippen molar-refractivity contribution >= 4 is 16.1 Å². The van der Waals surface area contributed by atoms with Gasteiger partial charge in [-0.05, 0) is 0 Å². The van der Waals surface area contributed by atoms with E-state index in [4.69, 9.17) is 0 Å². The Morgan fingerprint density at radius 3 is 2.20 bits per heavy atom. The first-order chi connectivity index (χ1) is 6.70. The molecule has 0 heterocycles. The molecule has 0 saturated carbocycles. The zero-order valence-corrected chi connectivity index (χ0v) is 8.50. The molecule has 0 rings (SSSR count). The minimum atomic E-state index is -5.33. The van der Waals surface area contributed by atoms with E-state index in [0.29, 0.717) is 0 Å². The van der Waals surface area contributed by atoms with E-state index in [1.807, 2.05) is 0 Å². The third kappa shape index (κ3) is 4.83. The summed E-state index contributed by atoms with van der Waals surface area (Å²) in [6.45, 7) is -0.774. The van der Waals surface area contributed by atoms with Crippen LogP contribution in [0.25, 0.3) is 0 Å². The quantitative estimate of drug-likeness (QED) is 0.579. The van der Waals surface area contributed by atoms with Crippen molar-refractivity contribution in [2.24, 2.45) is 0 Å². The number of halogens is 3. The van der Waals surface area contributed by atoms with E-state index in [1.165, 1.54) is 11.8 Å². The zero-order valence-electron chi connectivity index (χ0n) is 7.68. The number of sulfonamides is 1. The van der Waals surface area contributed by atoms with Crippen LogP contribution < -0.4 is 15.4 Å². The second-order valence-electron chi connectivity index (χ2n) is 2.35. The first kappa shape index (κ1) is 14.0. The molecule has 3 N–H and O–H groups in total. The van der Waals surface area contributed by atoms with Gasteiger partial charge in [0.1, 0.15) is 0 Å². The van der Waals surface area contributed by atoms with Gasteiger partial charge in [-0.1, -0.05) is 0 Å². The molecule has 90 valence electrons. The Balaban J connectivity index is 3.93. The molecular formula is C5H10F3N3O3S. The number of rotatable bonds is 4. The molecule has 6 nitrogen and oxygen atoms in total. The van der Waals surface area contributed by atoms with Crippen molar-refractivity contribution in [3.63, 3.8) is 0 Å². The Morgan fingerprint density at radius 1 is 1.27 bits per heavy atom. The molecule has 0 aromatic heterocycles. The normalized spacial score (nSPS) is 12.3. The lowest BCUT2D eigenvalue weighted by Crippen LogP contribution is -2.42. The first-order valence-electron chi connectivity index (χ1n) is 3.72. The average molecular weight is 249 g/mol. The molecule has 2 amide bonds. The highest BCUT2D eigenvalue weighted by molar-refractivity contribution is 7.90. The van der Waals surface area contributed by atoms with Crippen LogP contribution in [0.5, 0.6) is 0 Å². The van der Waals surface area contributed by atoms with Crippen molar-refractivity contribution < 1.29 is 26.4 Å². The van der Waals surface area contributed by atoms with E-state index < -0.39 is 28.1 Å². The zero-order chi connectivity index (χ0) is 12.1. The van der Waals surface area contributed by atoms with Gasteiger partial charge in [0, 0.05) is 20.1 Å². The van der Waals surface area contributed by atoms with Gasteiger partial charge in [-0.15, -0.1) is 0 Å². The largest absolute Gasteiger partial charge is 0.511 e. The smallest absolute Gasteiger partial charge is 0.341 e. The Bertz CT molecular complexity index is 313. The van der Waals surface area contributed by atoms with Gasteiger partial charge in [0.05, 0.1) is 0 Å². The molecule has 10 heteroatoms. The van der Waals surface area contributed by atoms with Gasteiger partial charge in [-0.3, -0.25) is 0 Å². The number of hydrogen-bond donors (Lipinski definition) is 3. The summed E-state index contributed by atoms with van der Waals surface area (Å²) in [5, 5.41) is 4.26. The molecule has 0 aliphatic heterocycles. The molecule has 0 unspecified atom stereocenters. The first-order valence-corrected chi connectivity index (χ1v) is 5.20. The van der Waals surface area contributed by atoms with Gasteiger partial charge in [0.15, 0.2) is 0 Å². The lowest BCUT2D eigenvalue weighted by molar-refractivity contribution is -0.0447. The molecule has 0 aromatic rings. The minimum Gasteiger partial charge on any atom is -0.341 e. The van der Waals surface area contributed by atoms with Crippen LogP contribution in [0, 0.1) is 0 Å². The van der Waals surface area contributed by atoms with Gasteiger partial charge in [-0.25, -0.2) is 17.9 Å². The summed E-state index contributed by atoms with van der Waals surface area (Å²) >= 11 is 0. The van der Waals surface area contributed by atoms with Crippen LogP contribution in [0.15, 0.2) is 0 Å². The predicted octanol–water partition coefficient (Wildman–Crippen LogP) is -0.645. The monoisotopic (exact) mass is 249 g/mol. The molecule has 0 radical (unpaired) electrons. The Morgan fingerprint density at radius 2 is 1.80 bits per heavy atom. The van der Waals surface area contributed by atoms with Crippen molar-refractivity contribution in [2.75, 3.05) is 20.1 Å². The van der Waals surface area contributed by atoms with E-state index in [-0.39, 0.29) is 6.54 Å². The number of nitrogens with one attached hydrogen (secondary N) is 3. The van der Waals surface area contributed by atoms with Crippen LogP contribution in [0.4, 0.5) is 18.0 Å². The van der Waals surface area contributed by atoms with Crippen molar-refractivity contribution in [1.82, 2.24) is 15.4 Å². The fourth-order valence-corrected chi connectivity index (χ4v) is 1.07. The standard InChI is InChI=1S/C5H10F3N3O3S/c1-9-4(12)10-2-3-11-15(13,14)5(6,7)8/h11H,2-3H2,1H3,(H2,9,10,12). The number of urea groups is 1. The van der Waals surface area contributed by atoms with Crippen LogP contribution in [0.1, 0.15) is 0 Å². The lowest BCUT2D eigenvalue weighted by Gasteiger charge is -2.09. The number of alkyl halides is 3. The summed E-state index contributed by atoms with van der Waals surface area (Å²) in [7, 11) is -4.01. The second-order valence-corrected chi connectivity index (χ2v) is 4.11. The summed E-state index contributed by atoms with van der Waals surface area (Å²) in [5.41, 5.74) is -5.33. The van der Waals surface area contributed by atoms with Crippen molar-refractivity contribution in [1.29, 1.82) is 0 Å². The van der Waals surface area contributed by atoms with E-state index >= 15 is 0 Å². The molecule has 0 spiro atoms. The highest BCUT2D eigenvalue weighted by atomic mass is 32.2. The predicted molar refractivity (Wildman–Crippen MR) is 45.4 cm³/mol. The molecule has 0 aliphatic rings. The SMILES string of the molecule is CNC(=O)NCCNS(=O)(=O)C(F)(F)F. The van der Waals surface area contributed by atoms with Gasteiger partial charge >= 0.3 is 21.6 Å². The van der Waals surface area contributed by atoms with Crippen molar-refractivity contribution in [3.8, 4) is 0 Å². The lowest BCUT2D eigenvalue weighted by atomic mass is 10.6. The summed E-state index contributed by atoms with van der Waals surface area (Å²) < 4.78 is 57.3. The average Bonchev–Trinajstić information content (AvgIpc) is 2.10. The fraction of sp³-hybridized carbons (Fsp3) is 0.800. The second kappa shape index (κ2) is 5.16. The summed E-state index contributed by atoms with van der Waals surface area (Å²) in [4.78, 5) is 10.5. The maximum Gasteiger partial charge on any atom is 0.511 e. The molecule has 0 fully saturated rings. The van der Waals surface area contributed by atoms with Gasteiger partial charge in [-0.2, -0.15) is 13.2 Å². The Hall–Kier alpha value is -1.03. The Labute approximate surface area is 84.3 Å². The molecule has 0 saturated heterocycles. The van der Waals surface area contributed by atoms with E-state index in [1.54, 1.807) is 0 Å². The van der Waals surface area contributed by atoms with E-state index in [9.17, 15) is 26.4 Å². The van der Waals surface area contributed by atoms with Crippen molar-refractivity contribution in [2.45, 2.75) is 5.51 Å². The molecule has 15 heavy (non-hydrogen) atoms. The number of amides is 2. The number of carbonyl (C=O) groups is 1. The van der Waals surface area contributed by atoms with Crippen LogP contribution >= 0.6 is 0 Å². The summed E-state index contributed by atoms with van der Waals surface area (Å²) in [6, 6.07) is -0.610. The number of hydrogen-bond acceptors (Lipinski definition) is 3. The van der Waals surface area contributed by atoms with Crippen LogP contribution in [-0.2, 0) is 10.0 Å². The van der Waals surface area contributed by atoms with Crippen LogP contribution in [-0.4, -0.2) is 40.1 Å². The highest BCUT2D eigenvalue weighted by Crippen LogP contribution is 2.20. The Kier molecular flexibility index (Phi) is 4.81. The third-order valence-corrected chi connectivity index (χ3v) is 2.43. The fourth-order valence-electron chi connectivity index (χ4n) is 0.532. The van der Waals surface area contributed by atoms with Gasteiger partial charge in [0.25, 0.3) is 0 Å². The molecule has 0 aromatic carbocycles. The molecule has 0 aliphatic carbocycles. The summed E-state index contributed by atoms with van der Waals surface area (Å²) in [5.74, 6) is 0. The maximum atomic E-state index is 11.7. The van der Waals surface area contributed by atoms with Crippen molar-refractivity contribution in [3.05, 3.63) is 0 Å². The van der Waals surface area contributed by atoms with E-state index in [0.717, 1.165) is 0 Å². The highest BCUT2D eigenvalue weighted by Gasteiger charge is 2.45. The maximum absolute atomic E-state index is 11.7. The van der Waals surface area contributed by atoms with E-state index in [2.05, 4.69) is 10.6 Å². The van der Waals surface area contributed by atoms with Crippen LogP contribution in [0.3, 0.4) is 0 Å². The number of carbonyl (C=O) groups excluding carboxylic acids is 1. The topological polar surface area (TPSA) is 87.3 Å². The third-order valence-electron chi connectivity index (χ3n) is 1.23. The minimum absolute atomic E-state index is 0.241. The van der Waals surface area contributed by atoms with Crippen LogP contribution in [0.2, 0.25) is 0 Å². The molecule has 0 atom stereocenters. The van der Waals surface area contributed by atoms with Gasteiger partial charge < -0.3 is 10.6 Å². The van der Waals surface area contributed by atoms with Gasteiger partial charge in [0.2, 0.25) is 0 Å². The molecule has 0 bridgehead atoms. The summed E-state index contributed by atoms with van der Waals surface area (Å²) in [6.07, 6.45) is 0. The molecular weight excluding hydrogens is 239 g/mol.